The van der Waals surface area contributed by atoms with Crippen molar-refractivity contribution in [2.24, 2.45) is 16.5 Å². The minimum atomic E-state index is -1.65. The molecule has 0 aliphatic carbocycles. The van der Waals surface area contributed by atoms with Crippen molar-refractivity contribution in [2.45, 2.75) is 121 Å². The number of amides is 1. The maximum absolute atomic E-state index is 12.7. The van der Waals surface area contributed by atoms with Gasteiger partial charge >= 0.3 is 5.97 Å². The van der Waals surface area contributed by atoms with Crippen molar-refractivity contribution >= 4 is 17.8 Å². The minimum Gasteiger partial charge on any atom is -0.478 e. The molecule has 5 unspecified atom stereocenters. The Hall–Kier alpha value is -2.37. The zero-order chi connectivity index (χ0) is 27.6. The average molecular weight is 529 g/mol. The summed E-state index contributed by atoms with van der Waals surface area (Å²) in [5.74, 6) is -1.79. The molecule has 0 saturated carbocycles. The van der Waals surface area contributed by atoms with Gasteiger partial charge in [0.2, 0.25) is 11.7 Å². The number of aliphatic hydroxyl groups is 3. The number of nitrogens with zero attached hydrogens (tertiary/aromatic N) is 1. The average Bonchev–Trinajstić information content (AvgIpc) is 2.86. The Morgan fingerprint density at radius 1 is 1.03 bits per heavy atom. The van der Waals surface area contributed by atoms with Gasteiger partial charge in [-0.2, -0.15) is 0 Å². The van der Waals surface area contributed by atoms with Gasteiger partial charge in [0.25, 0.3) is 0 Å². The SMILES string of the molecule is CCCCCCCCCCCCCCOC(=O)C1=CC(N=C(N)N)C(NC(C)=O)C(C(O)C(O)CO)O1. The predicted octanol–water partition coefficient (Wildman–Crippen LogP) is 1.37. The molecule has 0 fully saturated rings. The number of nitrogens with two attached hydrogens (primary N) is 2. The van der Waals surface area contributed by atoms with E-state index in [2.05, 4.69) is 17.2 Å². The van der Waals surface area contributed by atoms with Crippen LogP contribution in [-0.4, -0.2) is 76.8 Å². The van der Waals surface area contributed by atoms with Crippen LogP contribution in [0, 0.1) is 0 Å². The number of carbonyl (C=O) groups excluding carboxylic acids is 2. The van der Waals surface area contributed by atoms with E-state index >= 15 is 0 Å². The van der Waals surface area contributed by atoms with Crippen LogP contribution in [0.25, 0.3) is 0 Å². The molecule has 37 heavy (non-hydrogen) atoms. The number of aliphatic imine (C=N–C) groups is 1. The molecule has 8 N–H and O–H groups in total. The van der Waals surface area contributed by atoms with E-state index in [0.717, 1.165) is 19.3 Å². The third-order valence-corrected chi connectivity index (χ3v) is 6.33. The summed E-state index contributed by atoms with van der Waals surface area (Å²) in [4.78, 5) is 28.4. The predicted molar refractivity (Wildman–Crippen MR) is 141 cm³/mol. The van der Waals surface area contributed by atoms with Gasteiger partial charge in [-0.1, -0.05) is 77.6 Å². The third kappa shape index (κ3) is 13.1. The van der Waals surface area contributed by atoms with Gasteiger partial charge in [-0.25, -0.2) is 9.79 Å². The molecule has 0 aromatic rings. The number of carbonyl (C=O) groups is 2. The van der Waals surface area contributed by atoms with Gasteiger partial charge in [-0.15, -0.1) is 0 Å². The maximum atomic E-state index is 12.7. The van der Waals surface area contributed by atoms with E-state index in [1.165, 1.54) is 64.4 Å². The van der Waals surface area contributed by atoms with Crippen molar-refractivity contribution in [3.05, 3.63) is 11.8 Å². The molecule has 11 heteroatoms. The number of esters is 1. The molecule has 1 aliphatic rings. The monoisotopic (exact) mass is 528 g/mol. The fraction of sp³-hybridized carbons (Fsp3) is 0.808. The molecule has 0 saturated heterocycles. The number of guanidine groups is 1. The smallest absolute Gasteiger partial charge is 0.373 e. The summed E-state index contributed by atoms with van der Waals surface area (Å²) >= 11 is 0. The van der Waals surface area contributed by atoms with E-state index < -0.39 is 48.9 Å². The maximum Gasteiger partial charge on any atom is 0.373 e. The van der Waals surface area contributed by atoms with Crippen LogP contribution in [0.15, 0.2) is 16.8 Å². The quantitative estimate of drug-likeness (QED) is 0.0622. The van der Waals surface area contributed by atoms with E-state index in [1.54, 1.807) is 0 Å². The van der Waals surface area contributed by atoms with Gasteiger partial charge < -0.3 is 41.6 Å². The van der Waals surface area contributed by atoms with Crippen LogP contribution in [0.4, 0.5) is 0 Å². The lowest BCUT2D eigenvalue weighted by atomic mass is 9.92. The van der Waals surface area contributed by atoms with E-state index in [9.17, 15) is 24.9 Å². The van der Waals surface area contributed by atoms with E-state index in [0.29, 0.717) is 6.42 Å². The van der Waals surface area contributed by atoms with Gasteiger partial charge in [0.1, 0.15) is 18.3 Å². The highest BCUT2D eigenvalue weighted by Gasteiger charge is 2.44. The number of rotatable bonds is 19. The lowest BCUT2D eigenvalue weighted by Crippen LogP contribution is -2.59. The first kappa shape index (κ1) is 32.7. The Balaban J connectivity index is 2.56. The normalized spacial score (nSPS) is 20.8. The third-order valence-electron chi connectivity index (χ3n) is 6.33. The van der Waals surface area contributed by atoms with Crippen LogP contribution in [-0.2, 0) is 19.1 Å². The van der Waals surface area contributed by atoms with Crippen LogP contribution in [0.5, 0.6) is 0 Å². The van der Waals surface area contributed by atoms with Crippen molar-refractivity contribution in [1.82, 2.24) is 5.32 Å². The van der Waals surface area contributed by atoms with Crippen LogP contribution < -0.4 is 16.8 Å². The van der Waals surface area contributed by atoms with Crippen LogP contribution in [0.1, 0.15) is 90.9 Å². The van der Waals surface area contributed by atoms with Crippen molar-refractivity contribution < 1.29 is 34.4 Å². The minimum absolute atomic E-state index is 0.200. The van der Waals surface area contributed by atoms with Crippen molar-refractivity contribution in [3.8, 4) is 0 Å². The summed E-state index contributed by atoms with van der Waals surface area (Å²) < 4.78 is 11.0. The van der Waals surface area contributed by atoms with Crippen molar-refractivity contribution in [3.63, 3.8) is 0 Å². The fourth-order valence-corrected chi connectivity index (χ4v) is 4.31. The number of aliphatic hydroxyl groups excluding tert-OH is 3. The molecular formula is C26H48N4O7. The zero-order valence-electron chi connectivity index (χ0n) is 22.4. The second-order valence-electron chi connectivity index (χ2n) is 9.65. The summed E-state index contributed by atoms with van der Waals surface area (Å²) in [5, 5.41) is 32.3. The Bertz CT molecular complexity index is 728. The molecule has 0 radical (unpaired) electrons. The first-order valence-electron chi connectivity index (χ1n) is 13.6. The van der Waals surface area contributed by atoms with Gasteiger partial charge in [0, 0.05) is 6.92 Å². The first-order chi connectivity index (χ1) is 17.7. The number of nitrogens with one attached hydrogen (secondary N) is 1. The lowest BCUT2D eigenvalue weighted by Gasteiger charge is -2.38. The summed E-state index contributed by atoms with van der Waals surface area (Å²) in [6.45, 7) is 2.92. The molecule has 0 bridgehead atoms. The molecular weight excluding hydrogens is 480 g/mol. The molecule has 1 amide bonds. The largest absolute Gasteiger partial charge is 0.478 e. The number of unbranched alkanes of at least 4 members (excludes halogenated alkanes) is 11. The second kappa shape index (κ2) is 18.8. The molecule has 0 spiro atoms. The van der Waals surface area contributed by atoms with Gasteiger partial charge in [-0.3, -0.25) is 4.79 Å². The fourth-order valence-electron chi connectivity index (χ4n) is 4.31. The van der Waals surface area contributed by atoms with Gasteiger partial charge in [-0.05, 0) is 12.5 Å². The molecule has 214 valence electrons. The van der Waals surface area contributed by atoms with E-state index in [-0.39, 0.29) is 18.3 Å². The van der Waals surface area contributed by atoms with Crippen molar-refractivity contribution in [2.75, 3.05) is 13.2 Å². The number of ether oxygens (including phenoxy) is 2. The summed E-state index contributed by atoms with van der Waals surface area (Å²) in [5.41, 5.74) is 11.0. The van der Waals surface area contributed by atoms with E-state index in [1.807, 2.05) is 0 Å². The lowest BCUT2D eigenvalue weighted by molar-refractivity contribution is -0.151. The van der Waals surface area contributed by atoms with Gasteiger partial charge in [0.15, 0.2) is 5.96 Å². The van der Waals surface area contributed by atoms with Gasteiger partial charge in [0.05, 0.1) is 25.3 Å². The molecule has 1 rings (SSSR count). The van der Waals surface area contributed by atoms with Crippen LogP contribution >= 0.6 is 0 Å². The molecule has 1 heterocycles. The second-order valence-corrected chi connectivity index (χ2v) is 9.65. The Morgan fingerprint density at radius 2 is 1.57 bits per heavy atom. The first-order valence-corrected chi connectivity index (χ1v) is 13.6. The van der Waals surface area contributed by atoms with Crippen LogP contribution in [0.3, 0.4) is 0 Å². The highest BCUT2D eigenvalue weighted by Crippen LogP contribution is 2.25. The molecule has 0 aromatic heterocycles. The summed E-state index contributed by atoms with van der Waals surface area (Å²) in [6, 6.07) is -1.98. The van der Waals surface area contributed by atoms with Crippen LogP contribution in [0.2, 0.25) is 0 Å². The highest BCUT2D eigenvalue weighted by molar-refractivity contribution is 5.87. The molecule has 1 aliphatic heterocycles. The summed E-state index contributed by atoms with van der Waals surface area (Å²) in [6.07, 6.45) is 11.0. The standard InChI is InChI=1S/C26H48N4O7/c1-3-4-5-6-7-8-9-10-11-12-13-14-15-36-25(35)21-16-19(30-26(27)28)22(29-18(2)32)24(37-21)23(34)20(33)17-31/h16,19-20,22-24,31,33-34H,3-15,17H2,1-2H3,(H,29,32)(H4,27,28,30). The molecule has 0 aromatic carbocycles. The van der Waals surface area contributed by atoms with Crippen molar-refractivity contribution in [1.29, 1.82) is 0 Å². The number of hydrogen-bond acceptors (Lipinski definition) is 8. The Morgan fingerprint density at radius 3 is 2.05 bits per heavy atom. The molecule has 5 atom stereocenters. The summed E-state index contributed by atoms with van der Waals surface area (Å²) in [7, 11) is 0. The zero-order valence-corrected chi connectivity index (χ0v) is 22.4. The molecule has 11 nitrogen and oxygen atoms in total. The van der Waals surface area contributed by atoms with E-state index in [4.69, 9.17) is 20.9 Å². The highest BCUT2D eigenvalue weighted by atomic mass is 16.6. The Labute approximate surface area is 220 Å². The number of hydrogen-bond donors (Lipinski definition) is 6. The topological polar surface area (TPSA) is 190 Å². The Kier molecular flexibility index (Phi) is 16.6.